The Labute approximate surface area is 111 Å². The maximum absolute atomic E-state index is 11.5. The van der Waals surface area contributed by atoms with E-state index in [-0.39, 0.29) is 6.42 Å². The molecule has 0 aromatic rings. The summed E-state index contributed by atoms with van der Waals surface area (Å²) in [7, 11) is 5.48. The van der Waals surface area contributed by atoms with Gasteiger partial charge in [-0.25, -0.2) is 0 Å². The molecular weight excluding hydrogens is 256 g/mol. The van der Waals surface area contributed by atoms with Crippen molar-refractivity contribution >= 4 is 17.9 Å². The van der Waals surface area contributed by atoms with Gasteiger partial charge in [0.05, 0.1) is 34.0 Å². The Morgan fingerprint density at radius 3 is 2.05 bits per heavy atom. The van der Waals surface area contributed by atoms with Gasteiger partial charge in [0.25, 0.3) is 0 Å². The van der Waals surface area contributed by atoms with E-state index >= 15 is 0 Å². The molecule has 0 fully saturated rings. The van der Waals surface area contributed by atoms with Crippen molar-refractivity contribution in [3.63, 3.8) is 0 Å². The molecule has 0 amide bonds. The summed E-state index contributed by atoms with van der Waals surface area (Å²) in [6.07, 6.45) is -1.63. The van der Waals surface area contributed by atoms with Crippen molar-refractivity contribution in [1.29, 1.82) is 0 Å². The molecule has 0 aliphatic rings. The number of nitrogens with zero attached hydrogens (tertiary/aromatic N) is 1. The molecule has 1 unspecified atom stereocenters. The van der Waals surface area contributed by atoms with Crippen molar-refractivity contribution in [3.8, 4) is 0 Å². The Balaban J connectivity index is 4.50. The average molecular weight is 277 g/mol. The van der Waals surface area contributed by atoms with Crippen LogP contribution in [0.4, 0.5) is 0 Å². The third kappa shape index (κ3) is 8.97. The lowest BCUT2D eigenvalue weighted by atomic mass is 10.2. The zero-order valence-electron chi connectivity index (χ0n) is 11.3. The molecule has 4 N–H and O–H groups in total. The Morgan fingerprint density at radius 1 is 1.16 bits per heavy atom. The molecule has 19 heavy (non-hydrogen) atoms. The predicted molar refractivity (Wildman–Crippen MR) is 65.3 cm³/mol. The summed E-state index contributed by atoms with van der Waals surface area (Å²) in [4.78, 5) is 32.7. The van der Waals surface area contributed by atoms with Gasteiger partial charge in [0, 0.05) is 0 Å². The van der Waals surface area contributed by atoms with Gasteiger partial charge in [-0.3, -0.25) is 14.4 Å². The molecule has 8 nitrogen and oxygen atoms in total. The van der Waals surface area contributed by atoms with Gasteiger partial charge >= 0.3 is 17.9 Å². The maximum atomic E-state index is 11.5. The van der Waals surface area contributed by atoms with Crippen LogP contribution in [0.5, 0.6) is 0 Å². The number of esters is 1. The number of hydrogen-bond donors (Lipinski definition) is 3. The normalized spacial score (nSPS) is 14.5. The zero-order valence-corrected chi connectivity index (χ0v) is 11.3. The molecule has 0 aromatic carbocycles. The Morgan fingerprint density at radius 2 is 1.68 bits per heavy atom. The monoisotopic (exact) mass is 277 g/mol. The highest BCUT2D eigenvalue weighted by Crippen LogP contribution is 2.07. The van der Waals surface area contributed by atoms with Gasteiger partial charge in [-0.05, 0) is 0 Å². The highest BCUT2D eigenvalue weighted by Gasteiger charge is 2.26. The lowest BCUT2D eigenvalue weighted by Gasteiger charge is -2.28. The lowest BCUT2D eigenvalue weighted by molar-refractivity contribution is -0.873. The number of rotatable bonds is 8. The summed E-state index contributed by atoms with van der Waals surface area (Å²) in [5.41, 5.74) is 5.20. The Hall–Kier alpha value is -1.67. The van der Waals surface area contributed by atoms with E-state index in [0.29, 0.717) is 11.0 Å². The Kier molecular flexibility index (Phi) is 6.43. The first-order valence-corrected chi connectivity index (χ1v) is 5.71. The van der Waals surface area contributed by atoms with Crippen molar-refractivity contribution in [1.82, 2.24) is 0 Å². The Bertz CT molecular complexity index is 350. The van der Waals surface area contributed by atoms with Crippen molar-refractivity contribution in [2.24, 2.45) is 5.73 Å². The molecule has 0 rings (SSSR count). The molecule has 0 heterocycles. The van der Waals surface area contributed by atoms with Crippen LogP contribution in [-0.2, 0) is 19.1 Å². The third-order valence-electron chi connectivity index (χ3n) is 2.16. The fraction of sp³-hybridized carbons (Fsp3) is 0.727. The number of quaternary nitrogens is 1. The molecule has 0 bridgehead atoms. The molecule has 8 heteroatoms. The molecule has 0 aromatic heterocycles. The van der Waals surface area contributed by atoms with Crippen LogP contribution in [0.1, 0.15) is 12.8 Å². The number of likely N-dealkylation sites (N-methyl/N-ethyl adjacent to an activating group) is 1. The third-order valence-corrected chi connectivity index (χ3v) is 2.16. The molecule has 0 radical (unpaired) electrons. The number of hydrogen-bond acceptors (Lipinski definition) is 5. The zero-order chi connectivity index (χ0) is 15.2. The molecule has 0 aliphatic heterocycles. The van der Waals surface area contributed by atoms with Crippen molar-refractivity contribution in [2.45, 2.75) is 25.0 Å². The van der Waals surface area contributed by atoms with Crippen LogP contribution in [0.3, 0.4) is 0 Å². The number of carboxylic acids is 2. The molecule has 0 saturated heterocycles. The summed E-state index contributed by atoms with van der Waals surface area (Å²) in [6.45, 7) is 0.306. The van der Waals surface area contributed by atoms with E-state index in [1.165, 1.54) is 0 Å². The number of carboxylic acid groups (broad SMARTS) is 2. The van der Waals surface area contributed by atoms with Gasteiger partial charge in [-0.2, -0.15) is 0 Å². The first kappa shape index (κ1) is 17.3. The smallest absolute Gasteiger partial charge is 0.321 e. The number of carbonyl (C=O) groups is 3. The van der Waals surface area contributed by atoms with E-state index in [4.69, 9.17) is 20.7 Å². The second-order valence-corrected chi connectivity index (χ2v) is 5.33. The highest BCUT2D eigenvalue weighted by molar-refractivity contribution is 5.81. The van der Waals surface area contributed by atoms with Crippen LogP contribution in [0.15, 0.2) is 0 Å². The fourth-order valence-corrected chi connectivity index (χ4v) is 1.45. The van der Waals surface area contributed by atoms with Crippen LogP contribution < -0.4 is 5.73 Å². The van der Waals surface area contributed by atoms with Crippen LogP contribution >= 0.6 is 0 Å². The number of aliphatic carboxylic acids is 2. The molecule has 0 spiro atoms. The van der Waals surface area contributed by atoms with E-state index in [1.807, 2.05) is 21.1 Å². The van der Waals surface area contributed by atoms with Gasteiger partial charge < -0.3 is 25.2 Å². The van der Waals surface area contributed by atoms with Gasteiger partial charge in [0.1, 0.15) is 12.6 Å². The van der Waals surface area contributed by atoms with Crippen LogP contribution in [0.2, 0.25) is 0 Å². The van der Waals surface area contributed by atoms with E-state index < -0.39 is 36.5 Å². The summed E-state index contributed by atoms with van der Waals surface area (Å²) in [6, 6.07) is -1.35. The minimum Gasteiger partial charge on any atom is -0.481 e. The van der Waals surface area contributed by atoms with Crippen LogP contribution in [0.25, 0.3) is 0 Å². The summed E-state index contributed by atoms with van der Waals surface area (Å²) in [5.74, 6) is -3.21. The van der Waals surface area contributed by atoms with E-state index in [9.17, 15) is 14.4 Å². The van der Waals surface area contributed by atoms with E-state index in [0.717, 1.165) is 0 Å². The molecular formula is C11H21N2O6+. The number of ether oxygens (including phenoxy) is 1. The van der Waals surface area contributed by atoms with Crippen molar-refractivity contribution in [2.75, 3.05) is 27.7 Å². The number of nitrogens with two attached hydrogens (primary N) is 1. The average Bonchev–Trinajstić information content (AvgIpc) is 2.12. The van der Waals surface area contributed by atoms with Gasteiger partial charge in [0.15, 0.2) is 6.10 Å². The molecule has 2 atom stereocenters. The largest absolute Gasteiger partial charge is 0.481 e. The second kappa shape index (κ2) is 7.05. The van der Waals surface area contributed by atoms with Gasteiger partial charge in [-0.1, -0.05) is 0 Å². The highest BCUT2D eigenvalue weighted by atomic mass is 16.5. The van der Waals surface area contributed by atoms with Crippen LogP contribution in [-0.4, -0.2) is 72.4 Å². The van der Waals surface area contributed by atoms with E-state index in [1.54, 1.807) is 0 Å². The lowest BCUT2D eigenvalue weighted by Crippen LogP contribution is -2.44. The van der Waals surface area contributed by atoms with Gasteiger partial charge in [0.2, 0.25) is 0 Å². The van der Waals surface area contributed by atoms with E-state index in [2.05, 4.69) is 0 Å². The molecule has 0 saturated carbocycles. The molecule has 0 aliphatic carbocycles. The predicted octanol–water partition coefficient (Wildman–Crippen LogP) is -1.12. The summed E-state index contributed by atoms with van der Waals surface area (Å²) >= 11 is 0. The first-order chi connectivity index (χ1) is 8.51. The molecule has 110 valence electrons. The second-order valence-electron chi connectivity index (χ2n) is 5.33. The number of carbonyl (C=O) groups excluding carboxylic acids is 1. The first-order valence-electron chi connectivity index (χ1n) is 5.71. The van der Waals surface area contributed by atoms with Crippen LogP contribution in [0, 0.1) is 0 Å². The van der Waals surface area contributed by atoms with Crippen molar-refractivity contribution in [3.05, 3.63) is 0 Å². The topological polar surface area (TPSA) is 127 Å². The fourth-order valence-electron chi connectivity index (χ4n) is 1.45. The van der Waals surface area contributed by atoms with Gasteiger partial charge in [-0.15, -0.1) is 0 Å². The summed E-state index contributed by atoms with van der Waals surface area (Å²) in [5, 5.41) is 17.3. The standard InChI is InChI=1S/C11H20N2O6/c1-13(2,3)6-7(4-9(14)15)19-10(16)5-8(12)11(17)18/h7-8H,4-6,12H2,1-3H3,(H-,14,15,17,18)/p+1/t7-,8?/m1/s1. The summed E-state index contributed by atoms with van der Waals surface area (Å²) < 4.78 is 5.39. The minimum atomic E-state index is -1.35. The SMILES string of the molecule is C[N+](C)(C)C[C@@H](CC(=O)O)OC(=O)CC(N)C(=O)O. The quantitative estimate of drug-likeness (QED) is 0.379. The maximum Gasteiger partial charge on any atom is 0.321 e. The minimum absolute atomic E-state index is 0.306. The van der Waals surface area contributed by atoms with Crippen molar-refractivity contribution < 1.29 is 33.8 Å².